The average Bonchev–Trinajstić information content (AvgIpc) is 1.97. The number of allylic oxidation sites excluding steroid dienone is 2. The van der Waals surface area contributed by atoms with Crippen LogP contribution in [0.3, 0.4) is 0 Å². The lowest BCUT2D eigenvalue weighted by atomic mass is 10.2. The number of unbranched alkanes of at least 4 members (excludes halogenated alkanes) is 2. The second-order valence-electron chi connectivity index (χ2n) is 2.20. The Morgan fingerprint density at radius 1 is 1.30 bits per heavy atom. The zero-order valence-corrected chi connectivity index (χ0v) is 6.98. The molecule has 0 amide bonds. The summed E-state index contributed by atoms with van der Waals surface area (Å²) < 4.78 is 0. The summed E-state index contributed by atoms with van der Waals surface area (Å²) >= 11 is 0. The minimum absolute atomic E-state index is 1.05. The predicted octanol–water partition coefficient (Wildman–Crippen LogP) is 3.15. The highest BCUT2D eigenvalue weighted by molar-refractivity contribution is 4.95. The van der Waals surface area contributed by atoms with E-state index < -0.39 is 0 Å². The molecule has 0 N–H and O–H groups in total. The van der Waals surface area contributed by atoms with Crippen LogP contribution in [-0.2, 0) is 0 Å². The summed E-state index contributed by atoms with van der Waals surface area (Å²) in [6, 6.07) is 0. The predicted molar refractivity (Wildman–Crippen MR) is 46.7 cm³/mol. The molecule has 0 spiro atoms. The van der Waals surface area contributed by atoms with Crippen molar-refractivity contribution < 1.29 is 0 Å². The zero-order valence-electron chi connectivity index (χ0n) is 6.98. The van der Waals surface area contributed by atoms with Crippen molar-refractivity contribution in [2.45, 2.75) is 39.5 Å². The highest BCUT2D eigenvalue weighted by Crippen LogP contribution is 1.95. The zero-order chi connectivity index (χ0) is 7.66. The van der Waals surface area contributed by atoms with Crippen LogP contribution in [-0.4, -0.2) is 0 Å². The highest BCUT2D eigenvalue weighted by Gasteiger charge is 1.77. The van der Waals surface area contributed by atoms with Crippen molar-refractivity contribution in [1.29, 1.82) is 0 Å². The lowest BCUT2D eigenvalue weighted by Gasteiger charge is -1.86. The number of rotatable bonds is 4. The van der Waals surface area contributed by atoms with Crippen molar-refractivity contribution in [2.75, 3.05) is 0 Å². The van der Waals surface area contributed by atoms with Crippen molar-refractivity contribution in [1.82, 2.24) is 0 Å². The minimum atomic E-state index is 1.05. The summed E-state index contributed by atoms with van der Waals surface area (Å²) in [7, 11) is 0. The fourth-order valence-electron chi connectivity index (χ4n) is 0.718. The molecule has 0 radical (unpaired) electrons. The first-order valence-corrected chi connectivity index (χ1v) is 3.96. The molecule has 10 heavy (non-hydrogen) atoms. The fraction of sp³-hybridized carbons (Fsp3) is 0.600. The van der Waals surface area contributed by atoms with Crippen LogP contribution in [0.25, 0.3) is 0 Å². The van der Waals surface area contributed by atoms with Crippen LogP contribution in [0.4, 0.5) is 0 Å². The molecular formula is C10H16. The van der Waals surface area contributed by atoms with Gasteiger partial charge >= 0.3 is 0 Å². The van der Waals surface area contributed by atoms with E-state index in [1.165, 1.54) is 12.8 Å². The molecule has 0 unspecified atom stereocenters. The van der Waals surface area contributed by atoms with Gasteiger partial charge in [0.25, 0.3) is 0 Å². The normalized spacial score (nSPS) is 9.40. The first-order valence-electron chi connectivity index (χ1n) is 3.96. The molecule has 0 saturated heterocycles. The topological polar surface area (TPSA) is 0 Å². The molecule has 0 heterocycles. The Balaban J connectivity index is 3.02. The van der Waals surface area contributed by atoms with Crippen molar-refractivity contribution in [3.8, 4) is 11.8 Å². The van der Waals surface area contributed by atoms with E-state index in [1.807, 2.05) is 6.92 Å². The molecule has 0 bridgehead atoms. The molecule has 0 aliphatic heterocycles. The molecule has 0 atom stereocenters. The lowest BCUT2D eigenvalue weighted by molar-refractivity contribution is 0.881. The second-order valence-corrected chi connectivity index (χ2v) is 2.20. The van der Waals surface area contributed by atoms with Crippen LogP contribution in [0.2, 0.25) is 0 Å². The Bertz CT molecular complexity index is 132. The standard InChI is InChI=1S/C10H16/c1-3-5-7-9-10-8-6-4-2/h5,7H,3,8-10H2,1-2H3. The van der Waals surface area contributed by atoms with Gasteiger partial charge in [-0.15, -0.1) is 11.8 Å². The van der Waals surface area contributed by atoms with Crippen molar-refractivity contribution >= 4 is 0 Å². The third-order valence-corrected chi connectivity index (χ3v) is 1.25. The van der Waals surface area contributed by atoms with Gasteiger partial charge in [0, 0.05) is 6.42 Å². The van der Waals surface area contributed by atoms with Gasteiger partial charge in [0.1, 0.15) is 0 Å². The monoisotopic (exact) mass is 136 g/mol. The second kappa shape index (κ2) is 8.30. The Labute approximate surface area is 64.3 Å². The van der Waals surface area contributed by atoms with Gasteiger partial charge in [0.2, 0.25) is 0 Å². The summed E-state index contributed by atoms with van der Waals surface area (Å²) in [5.41, 5.74) is 0. The molecule has 56 valence electrons. The van der Waals surface area contributed by atoms with Crippen molar-refractivity contribution in [3.05, 3.63) is 12.2 Å². The highest BCUT2D eigenvalue weighted by atomic mass is 13.8. The molecule has 0 aliphatic rings. The van der Waals surface area contributed by atoms with Crippen LogP contribution >= 0.6 is 0 Å². The molecule has 0 rings (SSSR count). The third kappa shape index (κ3) is 7.30. The van der Waals surface area contributed by atoms with Gasteiger partial charge in [-0.2, -0.15) is 0 Å². The Kier molecular flexibility index (Phi) is 7.72. The number of hydrogen-bond donors (Lipinski definition) is 0. The maximum atomic E-state index is 3.04. The van der Waals surface area contributed by atoms with E-state index in [9.17, 15) is 0 Å². The average molecular weight is 136 g/mol. The quantitative estimate of drug-likeness (QED) is 0.316. The molecule has 0 aromatic carbocycles. The maximum absolute atomic E-state index is 3.04. The summed E-state index contributed by atoms with van der Waals surface area (Å²) in [5, 5.41) is 0. The molecule has 0 aromatic heterocycles. The van der Waals surface area contributed by atoms with Crippen LogP contribution in [0, 0.1) is 11.8 Å². The summed E-state index contributed by atoms with van der Waals surface area (Å²) in [5.74, 6) is 5.93. The summed E-state index contributed by atoms with van der Waals surface area (Å²) in [6.45, 7) is 4.05. The molecular weight excluding hydrogens is 120 g/mol. The molecule has 0 saturated carbocycles. The third-order valence-electron chi connectivity index (χ3n) is 1.25. The number of hydrogen-bond acceptors (Lipinski definition) is 0. The molecule has 0 aliphatic carbocycles. The summed E-state index contributed by atoms with van der Waals surface area (Å²) in [6.07, 6.45) is 9.03. The van der Waals surface area contributed by atoms with Gasteiger partial charge in [-0.3, -0.25) is 0 Å². The fourth-order valence-corrected chi connectivity index (χ4v) is 0.718. The van der Waals surface area contributed by atoms with E-state index in [2.05, 4.69) is 30.9 Å². The van der Waals surface area contributed by atoms with E-state index >= 15 is 0 Å². The molecule has 0 heteroatoms. The van der Waals surface area contributed by atoms with E-state index in [0.29, 0.717) is 0 Å². The van der Waals surface area contributed by atoms with E-state index in [-0.39, 0.29) is 0 Å². The first-order chi connectivity index (χ1) is 4.91. The maximum Gasteiger partial charge on any atom is 0.00915 e. The first kappa shape index (κ1) is 9.30. The van der Waals surface area contributed by atoms with E-state index in [1.54, 1.807) is 0 Å². The van der Waals surface area contributed by atoms with Crippen molar-refractivity contribution in [3.63, 3.8) is 0 Å². The smallest absolute Gasteiger partial charge is 0.00915 e. The van der Waals surface area contributed by atoms with Crippen LogP contribution in [0.1, 0.15) is 39.5 Å². The SMILES string of the molecule is CC#CCCCC=CCC. The van der Waals surface area contributed by atoms with Gasteiger partial charge in [-0.1, -0.05) is 19.1 Å². The van der Waals surface area contributed by atoms with Crippen molar-refractivity contribution in [2.24, 2.45) is 0 Å². The van der Waals surface area contributed by atoms with E-state index in [0.717, 1.165) is 12.8 Å². The van der Waals surface area contributed by atoms with Gasteiger partial charge < -0.3 is 0 Å². The van der Waals surface area contributed by atoms with Gasteiger partial charge in [0.05, 0.1) is 0 Å². The minimum Gasteiger partial charge on any atom is -0.107 e. The Hall–Kier alpha value is -0.700. The summed E-state index contributed by atoms with van der Waals surface area (Å²) in [4.78, 5) is 0. The van der Waals surface area contributed by atoms with Crippen LogP contribution < -0.4 is 0 Å². The van der Waals surface area contributed by atoms with Crippen LogP contribution in [0.15, 0.2) is 12.2 Å². The van der Waals surface area contributed by atoms with Crippen LogP contribution in [0.5, 0.6) is 0 Å². The molecule has 0 nitrogen and oxygen atoms in total. The van der Waals surface area contributed by atoms with Gasteiger partial charge in [-0.25, -0.2) is 0 Å². The van der Waals surface area contributed by atoms with E-state index in [4.69, 9.17) is 0 Å². The Morgan fingerprint density at radius 2 is 2.10 bits per heavy atom. The molecule has 0 aromatic rings. The largest absolute Gasteiger partial charge is 0.107 e. The van der Waals surface area contributed by atoms with Gasteiger partial charge in [0.15, 0.2) is 0 Å². The van der Waals surface area contributed by atoms with Gasteiger partial charge in [-0.05, 0) is 26.2 Å². The Morgan fingerprint density at radius 3 is 2.70 bits per heavy atom. The molecule has 0 fully saturated rings. The lowest BCUT2D eigenvalue weighted by Crippen LogP contribution is -1.68.